The number of amides is 1. The molecule has 0 spiro atoms. The lowest BCUT2D eigenvalue weighted by Crippen LogP contribution is -2.25. The van der Waals surface area contributed by atoms with Crippen molar-refractivity contribution in [2.45, 2.75) is 6.42 Å². The first-order valence-electron chi connectivity index (χ1n) is 5.04. The molecule has 1 unspecified atom stereocenters. The molecule has 1 atom stereocenters. The van der Waals surface area contributed by atoms with Gasteiger partial charge in [0.2, 0.25) is 0 Å². The maximum absolute atomic E-state index is 11.6. The molecule has 5 nitrogen and oxygen atoms in total. The van der Waals surface area contributed by atoms with E-state index in [4.69, 9.17) is 4.55 Å². The van der Waals surface area contributed by atoms with Gasteiger partial charge >= 0.3 is 0 Å². The van der Waals surface area contributed by atoms with Crippen molar-refractivity contribution in [2.75, 3.05) is 12.3 Å². The van der Waals surface area contributed by atoms with E-state index in [1.54, 1.807) is 18.2 Å². The molecule has 0 saturated carbocycles. The second kappa shape index (κ2) is 6.93. The third-order valence-corrected chi connectivity index (χ3v) is 2.70. The van der Waals surface area contributed by atoms with E-state index in [-0.39, 0.29) is 11.7 Å². The first-order valence-corrected chi connectivity index (χ1v) is 6.32. The zero-order chi connectivity index (χ0) is 12.7. The molecule has 0 radical (unpaired) electrons. The fourth-order valence-corrected chi connectivity index (χ4v) is 1.64. The molecule has 1 aromatic rings. The lowest BCUT2D eigenvalue weighted by atomic mass is 10.1. The normalized spacial score (nSPS) is 11.8. The van der Waals surface area contributed by atoms with E-state index in [0.29, 0.717) is 30.4 Å². The molecular weight excluding hydrogens is 242 g/mol. The van der Waals surface area contributed by atoms with Crippen molar-refractivity contribution in [1.82, 2.24) is 5.32 Å². The molecule has 1 aromatic carbocycles. The SMILES string of the molecule is O=Cc1cccc(C(=O)NCCCS(=O)O)c1. The third-order valence-electron chi connectivity index (χ3n) is 2.07. The van der Waals surface area contributed by atoms with Gasteiger partial charge in [-0.1, -0.05) is 12.1 Å². The molecule has 0 saturated heterocycles. The van der Waals surface area contributed by atoms with Crippen LogP contribution in [0.3, 0.4) is 0 Å². The van der Waals surface area contributed by atoms with Crippen molar-refractivity contribution in [3.05, 3.63) is 35.4 Å². The van der Waals surface area contributed by atoms with Gasteiger partial charge in [0.25, 0.3) is 5.91 Å². The highest BCUT2D eigenvalue weighted by Gasteiger charge is 2.05. The summed E-state index contributed by atoms with van der Waals surface area (Å²) < 4.78 is 18.9. The maximum atomic E-state index is 11.6. The van der Waals surface area contributed by atoms with Crippen LogP contribution in [-0.4, -0.2) is 33.3 Å². The van der Waals surface area contributed by atoms with Gasteiger partial charge in [0.15, 0.2) is 11.1 Å². The van der Waals surface area contributed by atoms with Gasteiger partial charge in [-0.25, -0.2) is 4.21 Å². The predicted molar refractivity (Wildman–Crippen MR) is 64.4 cm³/mol. The Morgan fingerprint density at radius 3 is 2.88 bits per heavy atom. The minimum Gasteiger partial charge on any atom is -0.352 e. The monoisotopic (exact) mass is 255 g/mol. The fourth-order valence-electron chi connectivity index (χ4n) is 1.25. The number of rotatable bonds is 6. The van der Waals surface area contributed by atoms with E-state index in [1.807, 2.05) is 0 Å². The second-order valence-corrected chi connectivity index (χ2v) is 4.43. The van der Waals surface area contributed by atoms with Gasteiger partial charge in [-0.15, -0.1) is 0 Å². The summed E-state index contributed by atoms with van der Waals surface area (Å²) in [6, 6.07) is 6.33. The highest BCUT2D eigenvalue weighted by Crippen LogP contribution is 2.02. The highest BCUT2D eigenvalue weighted by atomic mass is 32.2. The first kappa shape index (κ1) is 13.5. The van der Waals surface area contributed by atoms with Crippen molar-refractivity contribution in [1.29, 1.82) is 0 Å². The molecular formula is C11H13NO4S. The van der Waals surface area contributed by atoms with Crippen LogP contribution in [0, 0.1) is 0 Å². The Morgan fingerprint density at radius 1 is 1.47 bits per heavy atom. The Balaban J connectivity index is 2.46. The third kappa shape index (κ3) is 4.88. The van der Waals surface area contributed by atoms with Crippen LogP contribution in [0.15, 0.2) is 24.3 Å². The summed E-state index contributed by atoms with van der Waals surface area (Å²) in [6.45, 7) is 0.330. The smallest absolute Gasteiger partial charge is 0.251 e. The number of carbonyl (C=O) groups is 2. The number of nitrogens with one attached hydrogen (secondary N) is 1. The Labute approximate surface area is 102 Å². The number of hydrogen-bond acceptors (Lipinski definition) is 3. The summed E-state index contributed by atoms with van der Waals surface area (Å²) in [5, 5.41) is 2.61. The van der Waals surface area contributed by atoms with Crippen LogP contribution in [0.5, 0.6) is 0 Å². The summed E-state index contributed by atoms with van der Waals surface area (Å²) in [5.41, 5.74) is 0.842. The zero-order valence-corrected chi connectivity index (χ0v) is 9.90. The minimum absolute atomic E-state index is 0.134. The zero-order valence-electron chi connectivity index (χ0n) is 9.09. The molecule has 0 bridgehead atoms. The first-order chi connectivity index (χ1) is 8.13. The molecule has 0 aromatic heterocycles. The van der Waals surface area contributed by atoms with Crippen LogP contribution in [0.2, 0.25) is 0 Å². The number of aldehydes is 1. The quantitative estimate of drug-likeness (QED) is 0.448. The van der Waals surface area contributed by atoms with Gasteiger partial charge in [0.1, 0.15) is 6.29 Å². The van der Waals surface area contributed by atoms with Crippen LogP contribution in [0.1, 0.15) is 27.1 Å². The van der Waals surface area contributed by atoms with Crippen LogP contribution in [-0.2, 0) is 11.1 Å². The van der Waals surface area contributed by atoms with E-state index in [0.717, 1.165) is 0 Å². The van der Waals surface area contributed by atoms with Crippen LogP contribution in [0.25, 0.3) is 0 Å². The van der Waals surface area contributed by atoms with E-state index >= 15 is 0 Å². The lowest BCUT2D eigenvalue weighted by Gasteiger charge is -2.04. The van der Waals surface area contributed by atoms with Crippen molar-refractivity contribution in [2.24, 2.45) is 0 Å². The van der Waals surface area contributed by atoms with E-state index in [1.165, 1.54) is 6.07 Å². The van der Waals surface area contributed by atoms with Crippen LogP contribution < -0.4 is 5.32 Å². The van der Waals surface area contributed by atoms with Gasteiger partial charge in [-0.05, 0) is 18.6 Å². The molecule has 0 aliphatic heterocycles. The molecule has 0 aliphatic rings. The Kier molecular flexibility index (Phi) is 5.51. The van der Waals surface area contributed by atoms with E-state index < -0.39 is 11.1 Å². The summed E-state index contributed by atoms with van der Waals surface area (Å²) in [5.74, 6) is -0.160. The molecule has 1 rings (SSSR count). The molecule has 92 valence electrons. The molecule has 17 heavy (non-hydrogen) atoms. The molecule has 0 fully saturated rings. The van der Waals surface area contributed by atoms with Crippen molar-refractivity contribution in [3.63, 3.8) is 0 Å². The van der Waals surface area contributed by atoms with Gasteiger partial charge < -0.3 is 9.87 Å². The number of benzene rings is 1. The molecule has 0 aliphatic carbocycles. The highest BCUT2D eigenvalue weighted by molar-refractivity contribution is 7.79. The number of carbonyl (C=O) groups excluding carboxylic acids is 2. The summed E-state index contributed by atoms with van der Waals surface area (Å²) in [4.78, 5) is 22.1. The van der Waals surface area contributed by atoms with E-state index in [9.17, 15) is 13.8 Å². The molecule has 2 N–H and O–H groups in total. The van der Waals surface area contributed by atoms with Crippen molar-refractivity contribution < 1.29 is 18.4 Å². The summed E-state index contributed by atoms with van der Waals surface area (Å²) in [7, 11) is 0. The average molecular weight is 255 g/mol. The minimum atomic E-state index is -1.83. The Morgan fingerprint density at radius 2 is 2.24 bits per heavy atom. The lowest BCUT2D eigenvalue weighted by molar-refractivity contribution is 0.0953. The largest absolute Gasteiger partial charge is 0.352 e. The van der Waals surface area contributed by atoms with Crippen LogP contribution in [0.4, 0.5) is 0 Å². The van der Waals surface area contributed by atoms with Gasteiger partial charge in [0, 0.05) is 17.7 Å². The summed E-state index contributed by atoms with van der Waals surface area (Å²) in [6.07, 6.45) is 1.11. The maximum Gasteiger partial charge on any atom is 0.251 e. The standard InChI is InChI=1S/C11H13NO4S/c13-8-9-3-1-4-10(7-9)11(14)12-5-2-6-17(15)16/h1,3-4,7-8H,2,5-6H2,(H,12,14)(H,15,16). The fraction of sp³-hybridized carbons (Fsp3) is 0.273. The van der Waals surface area contributed by atoms with Crippen LogP contribution >= 0.6 is 0 Å². The molecule has 1 amide bonds. The topological polar surface area (TPSA) is 83.5 Å². The van der Waals surface area contributed by atoms with Gasteiger partial charge in [-0.3, -0.25) is 9.59 Å². The molecule has 6 heteroatoms. The predicted octanol–water partition coefficient (Wildman–Crippen LogP) is 0.841. The Hall–Kier alpha value is -1.53. The summed E-state index contributed by atoms with van der Waals surface area (Å²) >= 11 is -1.83. The van der Waals surface area contributed by atoms with Gasteiger partial charge in [0.05, 0.1) is 5.75 Å². The van der Waals surface area contributed by atoms with Gasteiger partial charge in [-0.2, -0.15) is 0 Å². The van der Waals surface area contributed by atoms with Crippen molar-refractivity contribution >= 4 is 23.3 Å². The number of hydrogen-bond donors (Lipinski definition) is 2. The molecule has 0 heterocycles. The Bertz CT molecular complexity index is 433. The second-order valence-electron chi connectivity index (χ2n) is 3.38. The average Bonchev–Trinajstić information content (AvgIpc) is 2.34. The van der Waals surface area contributed by atoms with Crippen molar-refractivity contribution in [3.8, 4) is 0 Å². The van der Waals surface area contributed by atoms with E-state index in [2.05, 4.69) is 5.32 Å².